The third-order valence-corrected chi connectivity index (χ3v) is 3.66. The molecule has 0 saturated carbocycles. The zero-order valence-electron chi connectivity index (χ0n) is 12.9. The molecule has 0 fully saturated rings. The van der Waals surface area contributed by atoms with E-state index in [0.29, 0.717) is 0 Å². The Bertz CT molecular complexity index is 375. The van der Waals surface area contributed by atoms with Crippen molar-refractivity contribution in [1.29, 1.82) is 0 Å². The van der Waals surface area contributed by atoms with Gasteiger partial charge in [0, 0.05) is 17.8 Å². The lowest BCUT2D eigenvalue weighted by Crippen LogP contribution is -2.46. The van der Waals surface area contributed by atoms with E-state index in [-0.39, 0.29) is 12.1 Å². The minimum absolute atomic E-state index is 0.163. The van der Waals surface area contributed by atoms with Crippen LogP contribution in [0, 0.1) is 0 Å². The summed E-state index contributed by atoms with van der Waals surface area (Å²) < 4.78 is 2.10. The van der Waals surface area contributed by atoms with Crippen LogP contribution in [0.2, 0.25) is 0 Å². The zero-order valence-corrected chi connectivity index (χ0v) is 12.9. The predicted octanol–water partition coefficient (Wildman–Crippen LogP) is 2.15. The molecular formula is C15H29N3O. The second kappa shape index (κ2) is 7.65. The topological polar surface area (TPSA) is 50.1 Å². The molecule has 1 unspecified atom stereocenters. The van der Waals surface area contributed by atoms with Crippen molar-refractivity contribution >= 4 is 0 Å². The Morgan fingerprint density at radius 2 is 2.05 bits per heavy atom. The molecule has 0 aromatic carbocycles. The Morgan fingerprint density at radius 1 is 1.32 bits per heavy atom. The molecule has 110 valence electrons. The Balaban J connectivity index is 2.65. The van der Waals surface area contributed by atoms with Gasteiger partial charge in [-0.2, -0.15) is 5.10 Å². The number of rotatable bonds is 9. The highest BCUT2D eigenvalue weighted by Gasteiger charge is 2.22. The minimum atomic E-state index is -0.209. The van der Waals surface area contributed by atoms with E-state index in [1.165, 1.54) is 5.69 Å². The molecule has 1 aromatic heterocycles. The first-order valence-corrected chi connectivity index (χ1v) is 7.50. The van der Waals surface area contributed by atoms with Gasteiger partial charge in [-0.1, -0.05) is 20.8 Å². The molecular weight excluding hydrogens is 238 g/mol. The summed E-state index contributed by atoms with van der Waals surface area (Å²) in [5, 5.41) is 17.6. The standard InChI is InChI=1S/C15H29N3O/c1-5-9-16-15(4,12-19)8-10-18-14(7-3)11-13(6-2)17-18/h11,16,19H,5-10,12H2,1-4H3. The number of hydrogen-bond donors (Lipinski definition) is 2. The van der Waals surface area contributed by atoms with Crippen molar-refractivity contribution in [3.8, 4) is 0 Å². The van der Waals surface area contributed by atoms with E-state index in [1.54, 1.807) is 0 Å². The average Bonchev–Trinajstić information content (AvgIpc) is 2.85. The number of aliphatic hydroxyl groups excluding tert-OH is 1. The van der Waals surface area contributed by atoms with Gasteiger partial charge in [-0.05, 0) is 45.2 Å². The Morgan fingerprint density at radius 3 is 2.58 bits per heavy atom. The lowest BCUT2D eigenvalue weighted by molar-refractivity contribution is 0.159. The van der Waals surface area contributed by atoms with Gasteiger partial charge in [0.15, 0.2) is 0 Å². The number of aryl methyl sites for hydroxylation is 3. The van der Waals surface area contributed by atoms with E-state index >= 15 is 0 Å². The average molecular weight is 267 g/mol. The summed E-state index contributed by atoms with van der Waals surface area (Å²) in [7, 11) is 0. The van der Waals surface area contributed by atoms with E-state index in [9.17, 15) is 5.11 Å². The number of hydrogen-bond acceptors (Lipinski definition) is 3. The molecule has 4 heteroatoms. The summed E-state index contributed by atoms with van der Waals surface area (Å²) in [6.45, 7) is 10.5. The van der Waals surface area contributed by atoms with Crippen LogP contribution >= 0.6 is 0 Å². The first kappa shape index (κ1) is 16.2. The SMILES string of the molecule is CCCNC(C)(CO)CCn1nc(CC)cc1CC. The molecule has 0 aliphatic rings. The summed E-state index contributed by atoms with van der Waals surface area (Å²) in [5.41, 5.74) is 2.23. The molecule has 1 atom stereocenters. The lowest BCUT2D eigenvalue weighted by Gasteiger charge is -2.29. The lowest BCUT2D eigenvalue weighted by atomic mass is 9.99. The maximum atomic E-state index is 9.58. The molecule has 0 radical (unpaired) electrons. The molecule has 0 aliphatic carbocycles. The maximum Gasteiger partial charge on any atom is 0.0624 e. The van der Waals surface area contributed by atoms with Gasteiger partial charge in [-0.25, -0.2) is 0 Å². The molecule has 0 saturated heterocycles. The minimum Gasteiger partial charge on any atom is -0.394 e. The molecule has 1 rings (SSSR count). The van der Waals surface area contributed by atoms with E-state index in [1.807, 2.05) is 0 Å². The number of nitrogens with one attached hydrogen (secondary N) is 1. The van der Waals surface area contributed by atoms with E-state index in [0.717, 1.165) is 44.5 Å². The number of nitrogens with zero attached hydrogens (tertiary/aromatic N) is 2. The third kappa shape index (κ3) is 4.62. The Labute approximate surface area is 117 Å². The first-order chi connectivity index (χ1) is 9.08. The highest BCUT2D eigenvalue weighted by molar-refractivity contribution is 5.10. The quantitative estimate of drug-likeness (QED) is 0.721. The van der Waals surface area contributed by atoms with Crippen LogP contribution in [0.3, 0.4) is 0 Å². The van der Waals surface area contributed by atoms with Gasteiger partial charge in [0.1, 0.15) is 0 Å². The zero-order chi connectivity index (χ0) is 14.3. The van der Waals surface area contributed by atoms with Crippen LogP contribution in [0.15, 0.2) is 6.07 Å². The number of aromatic nitrogens is 2. The van der Waals surface area contributed by atoms with Gasteiger partial charge in [-0.3, -0.25) is 4.68 Å². The van der Waals surface area contributed by atoms with Gasteiger partial charge in [0.05, 0.1) is 12.3 Å². The summed E-state index contributed by atoms with van der Waals surface area (Å²) in [6.07, 6.45) is 3.95. The first-order valence-electron chi connectivity index (χ1n) is 7.50. The van der Waals surface area contributed by atoms with E-state index in [2.05, 4.69) is 48.9 Å². The van der Waals surface area contributed by atoms with Crippen molar-refractivity contribution in [1.82, 2.24) is 15.1 Å². The molecule has 0 aliphatic heterocycles. The Kier molecular flexibility index (Phi) is 6.52. The highest BCUT2D eigenvalue weighted by Crippen LogP contribution is 2.13. The molecule has 1 heterocycles. The van der Waals surface area contributed by atoms with Crippen LogP contribution in [0.1, 0.15) is 51.9 Å². The molecule has 0 amide bonds. The fourth-order valence-corrected chi connectivity index (χ4v) is 2.17. The van der Waals surface area contributed by atoms with Crippen molar-refractivity contribution in [2.24, 2.45) is 0 Å². The van der Waals surface area contributed by atoms with Crippen molar-refractivity contribution in [3.63, 3.8) is 0 Å². The normalized spacial score (nSPS) is 14.6. The molecule has 0 spiro atoms. The predicted molar refractivity (Wildman–Crippen MR) is 79.4 cm³/mol. The third-order valence-electron chi connectivity index (χ3n) is 3.66. The fourth-order valence-electron chi connectivity index (χ4n) is 2.17. The van der Waals surface area contributed by atoms with Crippen LogP contribution in [-0.2, 0) is 19.4 Å². The van der Waals surface area contributed by atoms with Crippen molar-refractivity contribution < 1.29 is 5.11 Å². The van der Waals surface area contributed by atoms with Crippen LogP contribution in [0.4, 0.5) is 0 Å². The molecule has 4 nitrogen and oxygen atoms in total. The van der Waals surface area contributed by atoms with Gasteiger partial charge in [-0.15, -0.1) is 0 Å². The molecule has 19 heavy (non-hydrogen) atoms. The van der Waals surface area contributed by atoms with Gasteiger partial charge < -0.3 is 10.4 Å². The smallest absolute Gasteiger partial charge is 0.0624 e. The van der Waals surface area contributed by atoms with Gasteiger partial charge >= 0.3 is 0 Å². The second-order valence-electron chi connectivity index (χ2n) is 5.45. The van der Waals surface area contributed by atoms with Crippen LogP contribution < -0.4 is 5.32 Å². The van der Waals surface area contributed by atoms with Crippen molar-refractivity contribution in [2.45, 2.75) is 65.5 Å². The van der Waals surface area contributed by atoms with Gasteiger partial charge in [0.25, 0.3) is 0 Å². The van der Waals surface area contributed by atoms with E-state index < -0.39 is 0 Å². The summed E-state index contributed by atoms with van der Waals surface area (Å²) in [6, 6.07) is 2.19. The summed E-state index contributed by atoms with van der Waals surface area (Å²) in [4.78, 5) is 0. The van der Waals surface area contributed by atoms with Crippen LogP contribution in [-0.4, -0.2) is 33.6 Å². The summed E-state index contributed by atoms with van der Waals surface area (Å²) in [5.74, 6) is 0. The van der Waals surface area contributed by atoms with Crippen molar-refractivity contribution in [2.75, 3.05) is 13.2 Å². The highest BCUT2D eigenvalue weighted by atomic mass is 16.3. The van der Waals surface area contributed by atoms with Crippen LogP contribution in [0.25, 0.3) is 0 Å². The fraction of sp³-hybridized carbons (Fsp3) is 0.800. The Hall–Kier alpha value is -0.870. The second-order valence-corrected chi connectivity index (χ2v) is 5.45. The summed E-state index contributed by atoms with van der Waals surface area (Å²) >= 11 is 0. The maximum absolute atomic E-state index is 9.58. The van der Waals surface area contributed by atoms with Gasteiger partial charge in [0.2, 0.25) is 0 Å². The van der Waals surface area contributed by atoms with E-state index in [4.69, 9.17) is 0 Å². The molecule has 2 N–H and O–H groups in total. The molecule has 0 bridgehead atoms. The monoisotopic (exact) mass is 267 g/mol. The largest absolute Gasteiger partial charge is 0.394 e. The van der Waals surface area contributed by atoms with Crippen LogP contribution in [0.5, 0.6) is 0 Å². The van der Waals surface area contributed by atoms with Crippen molar-refractivity contribution in [3.05, 3.63) is 17.5 Å². The molecule has 1 aromatic rings. The number of aliphatic hydroxyl groups is 1.